The zero-order valence-corrected chi connectivity index (χ0v) is 16.0. The predicted molar refractivity (Wildman–Crippen MR) is 108 cm³/mol. The topological polar surface area (TPSA) is 48.5 Å². The Hall–Kier alpha value is -2.63. The summed E-state index contributed by atoms with van der Waals surface area (Å²) in [5, 5.41) is 2.94. The fraction of sp³-hybridized carbons (Fsp3) is 0.429. The van der Waals surface area contributed by atoms with Crippen LogP contribution < -0.4 is 15.1 Å². The van der Waals surface area contributed by atoms with E-state index in [2.05, 4.69) is 20.1 Å². The van der Waals surface area contributed by atoms with Gasteiger partial charge < -0.3 is 15.1 Å². The lowest BCUT2D eigenvalue weighted by atomic mass is 10.0. The van der Waals surface area contributed by atoms with Gasteiger partial charge in [-0.15, -0.1) is 0 Å². The number of aromatic nitrogens is 1. The Morgan fingerprint density at radius 3 is 2.33 bits per heavy atom. The zero-order valence-electron chi connectivity index (χ0n) is 16.0. The van der Waals surface area contributed by atoms with Gasteiger partial charge in [-0.3, -0.25) is 4.79 Å². The van der Waals surface area contributed by atoms with Crippen molar-refractivity contribution in [3.8, 4) is 0 Å². The van der Waals surface area contributed by atoms with Gasteiger partial charge in [-0.05, 0) is 37.1 Å². The maximum absolute atomic E-state index is 13.9. The van der Waals surface area contributed by atoms with Gasteiger partial charge in [0.1, 0.15) is 11.6 Å². The molecule has 1 amide bonds. The molecule has 0 radical (unpaired) electrons. The Balaban J connectivity index is 1.57. The smallest absolute Gasteiger partial charge is 0.227 e. The third kappa shape index (κ3) is 4.56. The van der Waals surface area contributed by atoms with Crippen LogP contribution in [0.5, 0.6) is 0 Å². The van der Waals surface area contributed by atoms with Crippen LogP contribution in [-0.4, -0.2) is 37.1 Å². The first-order valence-corrected chi connectivity index (χ1v) is 9.63. The van der Waals surface area contributed by atoms with Crippen molar-refractivity contribution in [1.29, 1.82) is 0 Å². The number of carbonyl (C=O) groups excluding carboxylic acids is 1. The van der Waals surface area contributed by atoms with Gasteiger partial charge in [0, 0.05) is 32.1 Å². The third-order valence-electron chi connectivity index (χ3n) is 5.17. The van der Waals surface area contributed by atoms with Gasteiger partial charge in [-0.1, -0.05) is 26.0 Å². The summed E-state index contributed by atoms with van der Waals surface area (Å²) in [7, 11) is 0. The molecular weight excluding hydrogens is 343 g/mol. The summed E-state index contributed by atoms with van der Waals surface area (Å²) in [6.07, 6.45) is 3.37. The van der Waals surface area contributed by atoms with E-state index >= 15 is 0 Å². The highest BCUT2D eigenvalue weighted by Crippen LogP contribution is 2.22. The third-order valence-corrected chi connectivity index (χ3v) is 5.17. The van der Waals surface area contributed by atoms with Crippen molar-refractivity contribution >= 4 is 23.1 Å². The highest BCUT2D eigenvalue weighted by atomic mass is 19.1. The molecule has 0 saturated carbocycles. The summed E-state index contributed by atoms with van der Waals surface area (Å²) >= 11 is 0. The molecule has 6 heteroatoms. The second-order valence-electron chi connectivity index (χ2n) is 6.83. The minimum absolute atomic E-state index is 0.0381. The highest BCUT2D eigenvalue weighted by Gasteiger charge is 2.20. The number of carbonyl (C=O) groups is 1. The lowest BCUT2D eigenvalue weighted by Gasteiger charge is -2.36. The number of piperazine rings is 1. The Morgan fingerprint density at radius 2 is 1.74 bits per heavy atom. The van der Waals surface area contributed by atoms with Gasteiger partial charge in [0.15, 0.2) is 0 Å². The van der Waals surface area contributed by atoms with Crippen LogP contribution in [0.25, 0.3) is 0 Å². The molecule has 1 fully saturated rings. The van der Waals surface area contributed by atoms with Crippen LogP contribution in [0.4, 0.5) is 21.6 Å². The quantitative estimate of drug-likeness (QED) is 0.837. The van der Waals surface area contributed by atoms with Crippen molar-refractivity contribution in [3.63, 3.8) is 0 Å². The maximum atomic E-state index is 13.9. The number of nitrogens with zero attached hydrogens (tertiary/aromatic N) is 3. The molecule has 0 bridgehead atoms. The van der Waals surface area contributed by atoms with Crippen LogP contribution in [0.1, 0.15) is 26.7 Å². The van der Waals surface area contributed by atoms with E-state index in [1.807, 2.05) is 38.1 Å². The number of nitrogens with one attached hydrogen (secondary N) is 1. The Morgan fingerprint density at radius 1 is 1.07 bits per heavy atom. The second kappa shape index (κ2) is 8.84. The molecule has 1 aromatic heterocycles. The Labute approximate surface area is 160 Å². The van der Waals surface area contributed by atoms with E-state index in [0.717, 1.165) is 50.5 Å². The first-order valence-electron chi connectivity index (χ1n) is 9.63. The number of amides is 1. The summed E-state index contributed by atoms with van der Waals surface area (Å²) in [6, 6.07) is 10.7. The number of halogens is 1. The second-order valence-corrected chi connectivity index (χ2v) is 6.83. The molecule has 1 saturated heterocycles. The van der Waals surface area contributed by atoms with Crippen LogP contribution in [0.3, 0.4) is 0 Å². The Bertz CT molecular complexity index is 753. The van der Waals surface area contributed by atoms with Gasteiger partial charge in [-0.25, -0.2) is 9.37 Å². The maximum Gasteiger partial charge on any atom is 0.227 e. The average Bonchev–Trinajstić information content (AvgIpc) is 2.70. The van der Waals surface area contributed by atoms with E-state index in [4.69, 9.17) is 0 Å². The van der Waals surface area contributed by atoms with Gasteiger partial charge in [0.05, 0.1) is 17.6 Å². The van der Waals surface area contributed by atoms with Crippen molar-refractivity contribution < 1.29 is 9.18 Å². The van der Waals surface area contributed by atoms with Crippen molar-refractivity contribution in [1.82, 2.24) is 4.98 Å². The van der Waals surface area contributed by atoms with E-state index in [0.29, 0.717) is 5.69 Å². The normalized spacial score (nSPS) is 14.5. The van der Waals surface area contributed by atoms with Gasteiger partial charge in [-0.2, -0.15) is 0 Å². The average molecular weight is 370 g/mol. The van der Waals surface area contributed by atoms with E-state index < -0.39 is 0 Å². The number of para-hydroxylation sites is 1. The van der Waals surface area contributed by atoms with Crippen LogP contribution in [0.15, 0.2) is 42.6 Å². The lowest BCUT2D eigenvalue weighted by Crippen LogP contribution is -2.47. The molecule has 0 unspecified atom stereocenters. The summed E-state index contributed by atoms with van der Waals surface area (Å²) in [5.41, 5.74) is 1.38. The van der Waals surface area contributed by atoms with Crippen molar-refractivity contribution in [3.05, 3.63) is 48.4 Å². The van der Waals surface area contributed by atoms with Gasteiger partial charge in [0.25, 0.3) is 0 Å². The summed E-state index contributed by atoms with van der Waals surface area (Å²) in [4.78, 5) is 20.9. The minimum Gasteiger partial charge on any atom is -0.366 e. The summed E-state index contributed by atoms with van der Waals surface area (Å²) < 4.78 is 13.9. The van der Waals surface area contributed by atoms with Crippen molar-refractivity contribution in [2.45, 2.75) is 26.7 Å². The largest absolute Gasteiger partial charge is 0.366 e. The molecule has 0 spiro atoms. The molecule has 0 aliphatic carbocycles. The molecule has 1 aliphatic rings. The predicted octanol–water partition coefficient (Wildman–Crippen LogP) is 3.92. The number of hydrogen-bond donors (Lipinski definition) is 1. The van der Waals surface area contributed by atoms with Crippen LogP contribution in [-0.2, 0) is 4.79 Å². The summed E-state index contributed by atoms with van der Waals surface area (Å²) in [6.45, 7) is 7.10. The van der Waals surface area contributed by atoms with E-state index in [-0.39, 0.29) is 17.6 Å². The number of pyridine rings is 1. The highest BCUT2D eigenvalue weighted by molar-refractivity contribution is 5.92. The standard InChI is InChI=1S/C21H27FN4O/c1-3-16(4-2)21(27)24-17-9-10-20(23-15-17)26-13-11-25(12-14-26)19-8-6-5-7-18(19)22/h5-10,15-16H,3-4,11-14H2,1-2H3,(H,24,27). The molecule has 1 aromatic carbocycles. The molecule has 3 rings (SSSR count). The molecule has 5 nitrogen and oxygen atoms in total. The van der Waals surface area contributed by atoms with Gasteiger partial charge >= 0.3 is 0 Å². The molecule has 0 atom stereocenters. The summed E-state index contributed by atoms with van der Waals surface area (Å²) in [5.74, 6) is 0.787. The molecule has 1 N–H and O–H groups in total. The molecule has 2 aromatic rings. The molecular formula is C21H27FN4O. The minimum atomic E-state index is -0.179. The van der Waals surface area contributed by atoms with Crippen LogP contribution in [0, 0.1) is 11.7 Å². The fourth-order valence-electron chi connectivity index (χ4n) is 3.44. The zero-order chi connectivity index (χ0) is 19.2. The monoisotopic (exact) mass is 370 g/mol. The van der Waals surface area contributed by atoms with Crippen LogP contribution >= 0.6 is 0 Å². The first kappa shape index (κ1) is 19.1. The van der Waals surface area contributed by atoms with Crippen LogP contribution in [0.2, 0.25) is 0 Å². The molecule has 144 valence electrons. The van der Waals surface area contributed by atoms with Gasteiger partial charge in [0.2, 0.25) is 5.91 Å². The number of hydrogen-bond acceptors (Lipinski definition) is 4. The van der Waals surface area contributed by atoms with Crippen molar-refractivity contribution in [2.24, 2.45) is 5.92 Å². The number of anilines is 3. The molecule has 2 heterocycles. The van der Waals surface area contributed by atoms with E-state index in [9.17, 15) is 9.18 Å². The number of benzene rings is 1. The number of rotatable bonds is 6. The van der Waals surface area contributed by atoms with Crippen molar-refractivity contribution in [2.75, 3.05) is 41.3 Å². The fourth-order valence-corrected chi connectivity index (χ4v) is 3.44. The molecule has 1 aliphatic heterocycles. The Kier molecular flexibility index (Phi) is 6.27. The lowest BCUT2D eigenvalue weighted by molar-refractivity contribution is -0.120. The first-order chi connectivity index (χ1) is 13.1. The molecule has 27 heavy (non-hydrogen) atoms. The van der Waals surface area contributed by atoms with E-state index in [1.165, 1.54) is 6.07 Å². The van der Waals surface area contributed by atoms with E-state index in [1.54, 1.807) is 12.3 Å². The SMILES string of the molecule is CCC(CC)C(=O)Nc1ccc(N2CCN(c3ccccc3F)CC2)nc1.